The molecule has 0 radical (unpaired) electrons. The molecule has 0 N–H and O–H groups in total. The Morgan fingerprint density at radius 2 is 1.33 bits per heavy atom. The topological polar surface area (TPSA) is 93.2 Å². The minimum atomic E-state index is -4.02. The maximum absolute atomic E-state index is 13.7. The zero-order valence-electron chi connectivity index (χ0n) is 20.3. The van der Waals surface area contributed by atoms with Crippen molar-refractivity contribution < 1.29 is 27.0 Å². The summed E-state index contributed by atoms with van der Waals surface area (Å²) in [5.41, 5.74) is 1.73. The summed E-state index contributed by atoms with van der Waals surface area (Å²) >= 11 is 6.00. The zero-order valence-corrected chi connectivity index (χ0v) is 21.8. The Kier molecular flexibility index (Phi) is 6.34. The fraction of sp³-hybridized carbons (Fsp3) is 0.103. The Hall–Kier alpha value is -4.18. The van der Waals surface area contributed by atoms with Gasteiger partial charge in [0.15, 0.2) is 6.10 Å². The molecule has 0 aliphatic carbocycles. The van der Waals surface area contributed by atoms with E-state index in [1.807, 2.05) is 30.3 Å². The van der Waals surface area contributed by atoms with E-state index in [1.54, 1.807) is 59.7 Å². The van der Waals surface area contributed by atoms with Gasteiger partial charge in [-0.2, -0.15) is 8.42 Å². The van der Waals surface area contributed by atoms with Gasteiger partial charge in [0.1, 0.15) is 16.6 Å². The third kappa shape index (κ3) is 4.54. The standard InChI is InChI=1S/C29H21ClN2O6S/c30-20-13-15-21(16-14-20)31-28(33)25-26(32(37-27(25)29(31)34)22-7-3-1-4-8-22)19-11-17-23(18-12-19)38-39(35,36)24-9-5-2-6-10-24/h1-18,25-27H/t25-,26-,27+/m1/s1. The molecule has 10 heteroatoms. The van der Waals surface area contributed by atoms with E-state index in [9.17, 15) is 18.0 Å². The summed E-state index contributed by atoms with van der Waals surface area (Å²) in [7, 11) is -4.02. The van der Waals surface area contributed by atoms with Gasteiger partial charge in [0.25, 0.3) is 5.91 Å². The summed E-state index contributed by atoms with van der Waals surface area (Å²) in [6.07, 6.45) is -1.03. The van der Waals surface area contributed by atoms with Crippen LogP contribution in [0.5, 0.6) is 5.75 Å². The lowest BCUT2D eigenvalue weighted by molar-refractivity contribution is -0.126. The van der Waals surface area contributed by atoms with Crippen LogP contribution in [0.15, 0.2) is 114 Å². The molecule has 4 aromatic rings. The lowest BCUT2D eigenvalue weighted by Gasteiger charge is -2.28. The van der Waals surface area contributed by atoms with Gasteiger partial charge in [-0.1, -0.05) is 60.1 Å². The smallest absolute Gasteiger partial charge is 0.339 e. The molecular weight excluding hydrogens is 540 g/mol. The molecule has 2 amide bonds. The maximum atomic E-state index is 13.7. The van der Waals surface area contributed by atoms with Crippen LogP contribution < -0.4 is 14.1 Å². The van der Waals surface area contributed by atoms with Gasteiger partial charge < -0.3 is 4.18 Å². The van der Waals surface area contributed by atoms with Gasteiger partial charge in [-0.25, -0.2) is 9.96 Å². The molecule has 2 saturated heterocycles. The molecule has 8 nitrogen and oxygen atoms in total. The molecule has 2 heterocycles. The van der Waals surface area contributed by atoms with Gasteiger partial charge in [0.05, 0.1) is 17.4 Å². The molecule has 196 valence electrons. The Morgan fingerprint density at radius 3 is 1.97 bits per heavy atom. The van der Waals surface area contributed by atoms with Crippen LogP contribution in [0.2, 0.25) is 5.02 Å². The van der Waals surface area contributed by atoms with Crippen molar-refractivity contribution in [2.45, 2.75) is 17.0 Å². The van der Waals surface area contributed by atoms with Crippen LogP contribution in [0.25, 0.3) is 0 Å². The van der Waals surface area contributed by atoms with Gasteiger partial charge >= 0.3 is 10.1 Å². The lowest BCUT2D eigenvalue weighted by Crippen LogP contribution is -2.37. The number of hydrogen-bond acceptors (Lipinski definition) is 7. The number of nitrogens with zero attached hydrogens (tertiary/aromatic N) is 2. The predicted molar refractivity (Wildman–Crippen MR) is 145 cm³/mol. The highest BCUT2D eigenvalue weighted by Gasteiger charge is 2.60. The Morgan fingerprint density at radius 1 is 0.718 bits per heavy atom. The van der Waals surface area contributed by atoms with Gasteiger partial charge in [-0.05, 0) is 66.2 Å². The molecule has 2 fully saturated rings. The Labute approximate surface area is 230 Å². The summed E-state index contributed by atoms with van der Waals surface area (Å²) in [5, 5.41) is 2.06. The number of rotatable bonds is 6. The normalized spacial score (nSPS) is 20.8. The van der Waals surface area contributed by atoms with E-state index in [-0.39, 0.29) is 10.6 Å². The quantitative estimate of drug-likeness (QED) is 0.237. The molecule has 6 rings (SSSR count). The number of halogens is 1. The number of imide groups is 1. The average Bonchev–Trinajstić information content (AvgIpc) is 3.46. The minimum Gasteiger partial charge on any atom is -0.379 e. The fourth-order valence-corrected chi connectivity index (χ4v) is 5.96. The van der Waals surface area contributed by atoms with E-state index in [0.29, 0.717) is 22.0 Å². The summed E-state index contributed by atoms with van der Waals surface area (Å²) in [6.45, 7) is 0. The first-order valence-corrected chi connectivity index (χ1v) is 13.9. The van der Waals surface area contributed by atoms with E-state index in [2.05, 4.69) is 0 Å². The second-order valence-corrected chi connectivity index (χ2v) is 11.0. The van der Waals surface area contributed by atoms with Crippen LogP contribution in [-0.2, 0) is 24.5 Å². The van der Waals surface area contributed by atoms with Crippen molar-refractivity contribution in [3.63, 3.8) is 0 Å². The van der Waals surface area contributed by atoms with Crippen molar-refractivity contribution in [3.05, 3.63) is 120 Å². The van der Waals surface area contributed by atoms with Crippen LogP contribution in [0, 0.1) is 5.92 Å². The number of carbonyl (C=O) groups excluding carboxylic acids is 2. The molecular formula is C29H21ClN2O6S. The number of anilines is 2. The highest BCUT2D eigenvalue weighted by atomic mass is 35.5. The lowest BCUT2D eigenvalue weighted by atomic mass is 9.90. The molecule has 39 heavy (non-hydrogen) atoms. The number of fused-ring (bicyclic) bond motifs is 1. The summed E-state index contributed by atoms with van der Waals surface area (Å²) in [4.78, 5) is 34.4. The molecule has 2 aliphatic rings. The third-order valence-electron chi connectivity index (χ3n) is 6.67. The van der Waals surface area contributed by atoms with Crippen molar-refractivity contribution in [2.75, 3.05) is 9.96 Å². The van der Waals surface area contributed by atoms with Crippen LogP contribution in [0.1, 0.15) is 11.6 Å². The third-order valence-corrected chi connectivity index (χ3v) is 8.18. The molecule has 0 bridgehead atoms. The van der Waals surface area contributed by atoms with Gasteiger partial charge in [0, 0.05) is 5.02 Å². The first-order chi connectivity index (χ1) is 18.8. The molecule has 0 spiro atoms. The van der Waals surface area contributed by atoms with E-state index >= 15 is 0 Å². The average molecular weight is 561 g/mol. The Balaban J connectivity index is 1.34. The van der Waals surface area contributed by atoms with Gasteiger partial charge in [0.2, 0.25) is 5.91 Å². The van der Waals surface area contributed by atoms with Crippen molar-refractivity contribution >= 4 is 44.9 Å². The second-order valence-electron chi connectivity index (χ2n) is 9.07. The van der Waals surface area contributed by atoms with Crippen molar-refractivity contribution in [2.24, 2.45) is 5.92 Å². The molecule has 3 atom stereocenters. The van der Waals surface area contributed by atoms with E-state index in [0.717, 1.165) is 4.90 Å². The number of hydroxylamine groups is 1. The predicted octanol–water partition coefficient (Wildman–Crippen LogP) is 5.16. The number of hydrogen-bond donors (Lipinski definition) is 0. The molecule has 0 unspecified atom stereocenters. The second kappa shape index (κ2) is 9.85. The minimum absolute atomic E-state index is 0.0359. The van der Waals surface area contributed by atoms with Crippen molar-refractivity contribution in [1.29, 1.82) is 0 Å². The van der Waals surface area contributed by atoms with Crippen LogP contribution in [0.4, 0.5) is 11.4 Å². The van der Waals surface area contributed by atoms with Gasteiger partial charge in [-0.3, -0.25) is 14.4 Å². The fourth-order valence-electron chi connectivity index (χ4n) is 4.88. The van der Waals surface area contributed by atoms with Crippen LogP contribution in [-0.4, -0.2) is 26.3 Å². The summed E-state index contributed by atoms with van der Waals surface area (Å²) in [5.74, 6) is -1.60. The molecule has 0 saturated carbocycles. The Bertz CT molecular complexity index is 1630. The maximum Gasteiger partial charge on any atom is 0.339 e. The number of carbonyl (C=O) groups is 2. The van der Waals surface area contributed by atoms with E-state index < -0.39 is 40.0 Å². The zero-order chi connectivity index (χ0) is 27.1. The summed E-state index contributed by atoms with van der Waals surface area (Å²) < 4.78 is 30.6. The first-order valence-electron chi connectivity index (χ1n) is 12.1. The molecule has 0 aromatic heterocycles. The van der Waals surface area contributed by atoms with Crippen LogP contribution >= 0.6 is 11.6 Å². The number of para-hydroxylation sites is 1. The van der Waals surface area contributed by atoms with E-state index in [1.165, 1.54) is 24.3 Å². The SMILES string of the molecule is O=C1[C@H]2[C@H](ON(c3ccccc3)[C@@H]2c2ccc(OS(=O)(=O)c3ccccc3)cc2)C(=O)N1c1ccc(Cl)cc1. The highest BCUT2D eigenvalue weighted by molar-refractivity contribution is 7.87. The van der Waals surface area contributed by atoms with E-state index in [4.69, 9.17) is 20.6 Å². The number of benzene rings is 4. The number of amides is 2. The van der Waals surface area contributed by atoms with Crippen molar-refractivity contribution in [1.82, 2.24) is 0 Å². The monoisotopic (exact) mass is 560 g/mol. The van der Waals surface area contributed by atoms with Crippen molar-refractivity contribution in [3.8, 4) is 5.75 Å². The van der Waals surface area contributed by atoms with Gasteiger partial charge in [-0.15, -0.1) is 0 Å². The highest BCUT2D eigenvalue weighted by Crippen LogP contribution is 2.47. The molecule has 4 aromatic carbocycles. The largest absolute Gasteiger partial charge is 0.379 e. The first kappa shape index (κ1) is 25.1. The molecule has 2 aliphatic heterocycles. The summed E-state index contributed by atoms with van der Waals surface area (Å²) in [6, 6.07) is 29.2. The van der Waals surface area contributed by atoms with Crippen LogP contribution in [0.3, 0.4) is 0 Å².